The number of aryl methyl sites for hydroxylation is 1. The van der Waals surface area contributed by atoms with Crippen LogP contribution in [-0.2, 0) is 6.42 Å². The summed E-state index contributed by atoms with van der Waals surface area (Å²) in [5.74, 6) is -0.359. The molecule has 0 amide bonds. The van der Waals surface area contributed by atoms with Crippen LogP contribution >= 0.6 is 27.5 Å². The zero-order valence-electron chi connectivity index (χ0n) is 14.0. The van der Waals surface area contributed by atoms with E-state index in [9.17, 15) is 4.79 Å². The quantitative estimate of drug-likeness (QED) is 0.616. The van der Waals surface area contributed by atoms with E-state index >= 15 is 4.39 Å². The molecule has 136 valence electrons. The highest BCUT2D eigenvalue weighted by atomic mass is 79.9. The van der Waals surface area contributed by atoms with E-state index in [4.69, 9.17) is 21.6 Å². The number of benzene rings is 2. The van der Waals surface area contributed by atoms with Crippen LogP contribution in [-0.4, -0.2) is 10.2 Å². The molecule has 0 bridgehead atoms. The number of ether oxygens (including phenoxy) is 1. The van der Waals surface area contributed by atoms with Gasteiger partial charge < -0.3 is 4.74 Å². The van der Waals surface area contributed by atoms with E-state index in [0.717, 1.165) is 0 Å². The molecule has 1 N–H and O–H groups in total. The van der Waals surface area contributed by atoms with Gasteiger partial charge in [-0.05, 0) is 58.7 Å². The summed E-state index contributed by atoms with van der Waals surface area (Å²) in [7, 11) is 0. The third-order valence-corrected chi connectivity index (χ3v) is 4.61. The van der Waals surface area contributed by atoms with Crippen LogP contribution in [0.4, 0.5) is 4.39 Å². The van der Waals surface area contributed by atoms with E-state index in [2.05, 4.69) is 26.1 Å². The Morgan fingerprint density at radius 1 is 1.33 bits per heavy atom. The van der Waals surface area contributed by atoms with Gasteiger partial charge in [0, 0.05) is 17.0 Å². The largest absolute Gasteiger partial charge is 0.453 e. The summed E-state index contributed by atoms with van der Waals surface area (Å²) in [5.41, 5.74) is 1.38. The molecular formula is C19H12BrClFN3O2. The SMILES string of the molecule is Cc1cc(Cc2ccc(Br)c(Oc3cc(Cl)cc(C#N)c3)c2F)n[nH]c1=O. The van der Waals surface area contributed by atoms with E-state index in [1.54, 1.807) is 25.1 Å². The summed E-state index contributed by atoms with van der Waals surface area (Å²) in [5, 5.41) is 15.7. The van der Waals surface area contributed by atoms with Crippen LogP contribution in [0.1, 0.15) is 22.4 Å². The van der Waals surface area contributed by atoms with Crippen molar-refractivity contribution in [1.82, 2.24) is 10.2 Å². The normalized spacial score (nSPS) is 10.5. The molecule has 0 atom stereocenters. The molecule has 0 saturated heterocycles. The number of hydrogen-bond acceptors (Lipinski definition) is 4. The molecule has 0 saturated carbocycles. The lowest BCUT2D eigenvalue weighted by molar-refractivity contribution is 0.436. The minimum Gasteiger partial charge on any atom is -0.453 e. The fourth-order valence-corrected chi connectivity index (χ4v) is 3.06. The molecule has 3 aromatic rings. The highest BCUT2D eigenvalue weighted by Crippen LogP contribution is 2.35. The van der Waals surface area contributed by atoms with Crippen molar-refractivity contribution in [2.24, 2.45) is 0 Å². The molecule has 5 nitrogen and oxygen atoms in total. The lowest BCUT2D eigenvalue weighted by atomic mass is 10.1. The predicted octanol–water partition coefficient (Wildman–Crippen LogP) is 4.89. The number of aromatic nitrogens is 2. The Kier molecular flexibility index (Phi) is 5.59. The molecule has 1 heterocycles. The van der Waals surface area contributed by atoms with Crippen LogP contribution in [0.3, 0.4) is 0 Å². The van der Waals surface area contributed by atoms with Gasteiger partial charge in [-0.1, -0.05) is 17.7 Å². The van der Waals surface area contributed by atoms with Gasteiger partial charge in [-0.2, -0.15) is 10.4 Å². The maximum atomic E-state index is 15.0. The maximum absolute atomic E-state index is 15.0. The van der Waals surface area contributed by atoms with Gasteiger partial charge in [0.05, 0.1) is 21.8 Å². The first-order chi connectivity index (χ1) is 12.9. The summed E-state index contributed by atoms with van der Waals surface area (Å²) in [4.78, 5) is 11.4. The molecule has 0 spiro atoms. The average Bonchev–Trinajstić information content (AvgIpc) is 2.63. The molecule has 3 rings (SSSR count). The van der Waals surface area contributed by atoms with Crippen molar-refractivity contribution in [2.45, 2.75) is 13.3 Å². The molecule has 0 aliphatic carbocycles. The standard InChI is InChI=1S/C19H12BrClFN3O2/c1-10-4-14(24-25-19(10)26)7-12-2-3-16(20)18(17(12)22)27-15-6-11(9-23)5-13(21)8-15/h2-6,8H,7H2,1H3,(H,25,26). The third-order valence-electron chi connectivity index (χ3n) is 3.76. The molecule has 1 aromatic heterocycles. The van der Waals surface area contributed by atoms with Crippen molar-refractivity contribution in [3.63, 3.8) is 0 Å². The number of hydrogen-bond donors (Lipinski definition) is 1. The van der Waals surface area contributed by atoms with Gasteiger partial charge in [-0.25, -0.2) is 9.49 Å². The van der Waals surface area contributed by atoms with Gasteiger partial charge >= 0.3 is 0 Å². The molecule has 8 heteroatoms. The average molecular weight is 449 g/mol. The van der Waals surface area contributed by atoms with Crippen molar-refractivity contribution < 1.29 is 9.13 Å². The fourth-order valence-electron chi connectivity index (χ4n) is 2.45. The topological polar surface area (TPSA) is 78.8 Å². The number of nitriles is 1. The summed E-state index contributed by atoms with van der Waals surface area (Å²) >= 11 is 9.24. The van der Waals surface area contributed by atoms with Crippen molar-refractivity contribution in [3.8, 4) is 17.6 Å². The molecule has 0 aliphatic heterocycles. The van der Waals surface area contributed by atoms with E-state index in [-0.39, 0.29) is 23.5 Å². The number of aromatic amines is 1. The van der Waals surface area contributed by atoms with Crippen molar-refractivity contribution in [2.75, 3.05) is 0 Å². The summed E-state index contributed by atoms with van der Waals surface area (Å²) in [6, 6.07) is 11.3. The van der Waals surface area contributed by atoms with E-state index < -0.39 is 5.82 Å². The van der Waals surface area contributed by atoms with Gasteiger partial charge in [0.2, 0.25) is 0 Å². The molecule has 0 unspecified atom stereocenters. The molecule has 27 heavy (non-hydrogen) atoms. The lowest BCUT2D eigenvalue weighted by Gasteiger charge is -2.12. The number of H-pyrrole nitrogens is 1. The van der Waals surface area contributed by atoms with Crippen molar-refractivity contribution in [1.29, 1.82) is 5.26 Å². The second-order valence-electron chi connectivity index (χ2n) is 5.79. The highest BCUT2D eigenvalue weighted by Gasteiger charge is 2.16. The minimum absolute atomic E-state index is 0.0280. The third kappa shape index (κ3) is 4.35. The Bertz CT molecular complexity index is 1120. The smallest absolute Gasteiger partial charge is 0.267 e. The van der Waals surface area contributed by atoms with Gasteiger partial charge in [0.25, 0.3) is 5.56 Å². The van der Waals surface area contributed by atoms with Gasteiger partial charge in [0.15, 0.2) is 11.6 Å². The first kappa shape index (κ1) is 19.1. The number of nitrogens with zero attached hydrogens (tertiary/aromatic N) is 2. The number of halogens is 3. The zero-order chi connectivity index (χ0) is 19.6. The number of nitrogens with one attached hydrogen (secondary N) is 1. The van der Waals surface area contributed by atoms with Crippen LogP contribution in [0.2, 0.25) is 5.02 Å². The van der Waals surface area contributed by atoms with Crippen LogP contribution < -0.4 is 10.3 Å². The lowest BCUT2D eigenvalue weighted by Crippen LogP contribution is -2.13. The summed E-state index contributed by atoms with van der Waals surface area (Å²) < 4.78 is 21.1. The number of rotatable bonds is 4. The minimum atomic E-state index is -0.575. The maximum Gasteiger partial charge on any atom is 0.267 e. The molecule has 2 aromatic carbocycles. The van der Waals surface area contributed by atoms with Crippen LogP contribution in [0.5, 0.6) is 11.5 Å². The van der Waals surface area contributed by atoms with E-state index in [0.29, 0.717) is 31.9 Å². The highest BCUT2D eigenvalue weighted by molar-refractivity contribution is 9.10. The van der Waals surface area contributed by atoms with Gasteiger partial charge in [-0.3, -0.25) is 4.79 Å². The molecule has 0 fully saturated rings. The first-order valence-electron chi connectivity index (χ1n) is 7.78. The second kappa shape index (κ2) is 7.91. The van der Waals surface area contributed by atoms with Crippen LogP contribution in [0.25, 0.3) is 0 Å². The Morgan fingerprint density at radius 3 is 2.81 bits per heavy atom. The van der Waals surface area contributed by atoms with E-state index in [1.807, 2.05) is 6.07 Å². The first-order valence-corrected chi connectivity index (χ1v) is 8.95. The zero-order valence-corrected chi connectivity index (χ0v) is 16.4. The van der Waals surface area contributed by atoms with E-state index in [1.165, 1.54) is 18.2 Å². The van der Waals surface area contributed by atoms with Crippen LogP contribution in [0, 0.1) is 24.1 Å². The predicted molar refractivity (Wildman–Crippen MR) is 103 cm³/mol. The van der Waals surface area contributed by atoms with Crippen molar-refractivity contribution in [3.05, 3.63) is 84.4 Å². The Hall–Kier alpha value is -2.69. The van der Waals surface area contributed by atoms with Crippen molar-refractivity contribution >= 4 is 27.5 Å². The fraction of sp³-hybridized carbons (Fsp3) is 0.105. The Balaban J connectivity index is 1.96. The second-order valence-corrected chi connectivity index (χ2v) is 7.08. The molecular weight excluding hydrogens is 437 g/mol. The monoisotopic (exact) mass is 447 g/mol. The summed E-state index contributed by atoms with van der Waals surface area (Å²) in [6.07, 6.45) is 0.173. The summed E-state index contributed by atoms with van der Waals surface area (Å²) in [6.45, 7) is 1.66. The molecule has 0 radical (unpaired) electrons. The van der Waals surface area contributed by atoms with Gasteiger partial charge in [0.1, 0.15) is 5.75 Å². The Morgan fingerprint density at radius 2 is 2.11 bits per heavy atom. The Labute approximate surface area is 167 Å². The van der Waals surface area contributed by atoms with Gasteiger partial charge in [-0.15, -0.1) is 0 Å². The molecule has 0 aliphatic rings. The van der Waals surface area contributed by atoms with Crippen LogP contribution in [0.15, 0.2) is 45.7 Å².